The summed E-state index contributed by atoms with van der Waals surface area (Å²) in [5.74, 6) is 0.993. The number of aromatic nitrogens is 2. The maximum absolute atomic E-state index is 11.7. The molecule has 0 aliphatic carbocycles. The molecular weight excluding hydrogens is 222 g/mol. The van der Waals surface area contributed by atoms with E-state index in [0.717, 1.165) is 6.08 Å². The van der Waals surface area contributed by atoms with Gasteiger partial charge in [-0.2, -0.15) is 8.78 Å². The van der Waals surface area contributed by atoms with Gasteiger partial charge < -0.3 is 4.74 Å². The summed E-state index contributed by atoms with van der Waals surface area (Å²) < 4.78 is 28.2. The van der Waals surface area contributed by atoms with Crippen LogP contribution in [-0.4, -0.2) is 23.1 Å². The van der Waals surface area contributed by atoms with Crippen molar-refractivity contribution in [3.63, 3.8) is 0 Å². The number of rotatable bonds is 5. The number of ether oxygens (including phenoxy) is 1. The Morgan fingerprint density at radius 2 is 2.27 bits per heavy atom. The zero-order valence-electron chi connectivity index (χ0n) is 8.11. The topological polar surface area (TPSA) is 35.0 Å². The summed E-state index contributed by atoms with van der Waals surface area (Å²) in [6, 6.07) is 3.42. The van der Waals surface area contributed by atoms with Crippen molar-refractivity contribution in [3.05, 3.63) is 24.3 Å². The highest BCUT2D eigenvalue weighted by molar-refractivity contribution is 7.99. The van der Waals surface area contributed by atoms with Crippen LogP contribution in [0.15, 0.2) is 29.3 Å². The monoisotopic (exact) mass is 232 g/mol. The van der Waals surface area contributed by atoms with Gasteiger partial charge in [-0.25, -0.2) is 0 Å². The Morgan fingerprint density at radius 3 is 2.80 bits per heavy atom. The number of thioether (sulfide) groups is 1. The van der Waals surface area contributed by atoms with E-state index in [1.807, 2.05) is 0 Å². The molecule has 0 radical (unpaired) electrons. The third kappa shape index (κ3) is 4.73. The molecule has 82 valence electrons. The minimum absolute atomic E-state index is 0.320. The highest BCUT2D eigenvalue weighted by atomic mass is 32.2. The van der Waals surface area contributed by atoms with E-state index in [-0.39, 0.29) is 0 Å². The third-order valence-electron chi connectivity index (χ3n) is 1.49. The number of nitrogens with zero attached hydrogens (tertiary/aromatic N) is 2. The molecule has 15 heavy (non-hydrogen) atoms. The second kappa shape index (κ2) is 6.34. The van der Waals surface area contributed by atoms with Gasteiger partial charge in [-0.3, -0.25) is 0 Å². The van der Waals surface area contributed by atoms with Crippen LogP contribution in [0.4, 0.5) is 8.78 Å². The number of allylic oxidation sites excluding steroid dienone is 1. The molecule has 0 aromatic carbocycles. The van der Waals surface area contributed by atoms with Crippen LogP contribution >= 0.6 is 11.8 Å². The van der Waals surface area contributed by atoms with Crippen LogP contribution in [0.5, 0.6) is 5.88 Å². The van der Waals surface area contributed by atoms with E-state index in [4.69, 9.17) is 4.74 Å². The molecule has 0 amide bonds. The van der Waals surface area contributed by atoms with Gasteiger partial charge in [0.1, 0.15) is 5.03 Å². The number of hydrogen-bond acceptors (Lipinski definition) is 4. The smallest absolute Gasteiger partial charge is 0.266 e. The fourth-order valence-corrected chi connectivity index (χ4v) is 1.53. The van der Waals surface area contributed by atoms with E-state index in [9.17, 15) is 8.78 Å². The summed E-state index contributed by atoms with van der Waals surface area (Å²) in [6.07, 6.45) is -0.429. The molecule has 0 bridgehead atoms. The van der Waals surface area contributed by atoms with Crippen LogP contribution < -0.4 is 4.74 Å². The first kappa shape index (κ1) is 11.9. The van der Waals surface area contributed by atoms with Gasteiger partial charge in [0.2, 0.25) is 5.88 Å². The summed E-state index contributed by atoms with van der Waals surface area (Å²) in [5, 5.41) is 8.30. The van der Waals surface area contributed by atoms with Gasteiger partial charge in [-0.15, -0.1) is 22.0 Å². The highest BCUT2D eigenvalue weighted by Gasteiger charge is 1.97. The highest BCUT2D eigenvalue weighted by Crippen LogP contribution is 2.17. The van der Waals surface area contributed by atoms with Crippen molar-refractivity contribution in [2.24, 2.45) is 0 Å². The Balaban J connectivity index is 2.35. The van der Waals surface area contributed by atoms with E-state index >= 15 is 0 Å². The molecule has 0 unspecified atom stereocenters. The lowest BCUT2D eigenvalue weighted by Gasteiger charge is -1.99. The van der Waals surface area contributed by atoms with E-state index in [0.29, 0.717) is 23.1 Å². The normalized spacial score (nSPS) is 9.80. The molecule has 1 heterocycles. The quantitative estimate of drug-likeness (QED) is 0.577. The van der Waals surface area contributed by atoms with Gasteiger partial charge in [0.25, 0.3) is 6.08 Å². The second-order valence-corrected chi connectivity index (χ2v) is 3.66. The summed E-state index contributed by atoms with van der Waals surface area (Å²) in [6.45, 7) is 0. The number of halogens is 2. The Kier molecular flexibility index (Phi) is 5.03. The van der Waals surface area contributed by atoms with Crippen LogP contribution in [0.2, 0.25) is 0 Å². The molecular formula is C9H10F2N2OS. The van der Waals surface area contributed by atoms with Gasteiger partial charge in [0.05, 0.1) is 7.11 Å². The van der Waals surface area contributed by atoms with Crippen LogP contribution in [0.25, 0.3) is 0 Å². The van der Waals surface area contributed by atoms with E-state index in [1.165, 1.54) is 18.9 Å². The van der Waals surface area contributed by atoms with Gasteiger partial charge in [0, 0.05) is 11.8 Å². The molecule has 1 rings (SSSR count). The van der Waals surface area contributed by atoms with Crippen LogP contribution in [0.1, 0.15) is 6.42 Å². The van der Waals surface area contributed by atoms with Crippen molar-refractivity contribution in [3.8, 4) is 5.88 Å². The second-order valence-electron chi connectivity index (χ2n) is 2.54. The average Bonchev–Trinajstić information content (AvgIpc) is 2.25. The van der Waals surface area contributed by atoms with E-state index < -0.39 is 6.08 Å². The minimum atomic E-state index is -1.64. The molecule has 0 saturated heterocycles. The molecule has 0 aliphatic rings. The Bertz CT molecular complexity index is 325. The van der Waals surface area contributed by atoms with Crippen molar-refractivity contribution in [1.82, 2.24) is 10.2 Å². The van der Waals surface area contributed by atoms with Crippen molar-refractivity contribution in [2.75, 3.05) is 12.9 Å². The molecule has 0 aliphatic heterocycles. The largest absolute Gasteiger partial charge is 0.480 e. The third-order valence-corrected chi connectivity index (χ3v) is 2.44. The van der Waals surface area contributed by atoms with Crippen LogP contribution in [-0.2, 0) is 0 Å². The fraction of sp³-hybridized carbons (Fsp3) is 0.333. The van der Waals surface area contributed by atoms with E-state index in [1.54, 1.807) is 12.1 Å². The lowest BCUT2D eigenvalue weighted by Crippen LogP contribution is -1.91. The van der Waals surface area contributed by atoms with E-state index in [2.05, 4.69) is 10.2 Å². The maximum atomic E-state index is 11.7. The zero-order valence-corrected chi connectivity index (χ0v) is 8.93. The molecule has 6 heteroatoms. The van der Waals surface area contributed by atoms with Crippen molar-refractivity contribution in [2.45, 2.75) is 11.4 Å². The molecule has 1 aromatic rings. The predicted molar refractivity (Wildman–Crippen MR) is 54.2 cm³/mol. The molecule has 0 saturated carbocycles. The lowest BCUT2D eigenvalue weighted by molar-refractivity contribution is 0.390. The molecule has 0 N–H and O–H groups in total. The van der Waals surface area contributed by atoms with Crippen LogP contribution in [0.3, 0.4) is 0 Å². The first-order valence-electron chi connectivity index (χ1n) is 4.24. The average molecular weight is 232 g/mol. The molecule has 0 fully saturated rings. The SMILES string of the molecule is COc1ccc(SCCC=C(F)F)nn1. The summed E-state index contributed by atoms with van der Waals surface area (Å²) in [4.78, 5) is 0. The predicted octanol–water partition coefficient (Wildman–Crippen LogP) is 2.75. The molecule has 0 spiro atoms. The number of methoxy groups -OCH3 is 1. The van der Waals surface area contributed by atoms with Crippen LogP contribution in [0, 0.1) is 0 Å². The first-order chi connectivity index (χ1) is 7.22. The molecule has 1 aromatic heterocycles. The zero-order chi connectivity index (χ0) is 11.1. The summed E-state index contributed by atoms with van der Waals surface area (Å²) in [7, 11) is 1.51. The lowest BCUT2D eigenvalue weighted by atomic mass is 10.5. The molecule has 0 atom stereocenters. The van der Waals surface area contributed by atoms with Crippen molar-refractivity contribution in [1.29, 1.82) is 0 Å². The standard InChI is InChI=1S/C9H10F2N2OS/c1-14-8-4-5-9(13-12-8)15-6-2-3-7(10)11/h3-5H,2,6H2,1H3. The Hall–Kier alpha value is -1.17. The van der Waals surface area contributed by atoms with Gasteiger partial charge in [-0.05, 0) is 18.6 Å². The molecule has 3 nitrogen and oxygen atoms in total. The maximum Gasteiger partial charge on any atom is 0.266 e. The summed E-state index contributed by atoms with van der Waals surface area (Å²) in [5.41, 5.74) is 0. The van der Waals surface area contributed by atoms with Gasteiger partial charge >= 0.3 is 0 Å². The van der Waals surface area contributed by atoms with Crippen molar-refractivity contribution >= 4 is 11.8 Å². The van der Waals surface area contributed by atoms with Gasteiger partial charge in [-0.1, -0.05) is 0 Å². The Labute approximate surface area is 90.5 Å². The number of hydrogen-bond donors (Lipinski definition) is 0. The fourth-order valence-electron chi connectivity index (χ4n) is 0.825. The Morgan fingerprint density at radius 1 is 1.47 bits per heavy atom. The van der Waals surface area contributed by atoms with Gasteiger partial charge in [0.15, 0.2) is 0 Å². The minimum Gasteiger partial charge on any atom is -0.480 e. The van der Waals surface area contributed by atoms with Crippen molar-refractivity contribution < 1.29 is 13.5 Å². The first-order valence-corrected chi connectivity index (χ1v) is 5.22. The summed E-state index contributed by atoms with van der Waals surface area (Å²) >= 11 is 1.37.